The van der Waals surface area contributed by atoms with Crippen molar-refractivity contribution in [2.45, 2.75) is 39.4 Å². The molecule has 0 radical (unpaired) electrons. The Balaban J connectivity index is 2.42. The zero-order valence-electron chi connectivity index (χ0n) is 9.53. The molecule has 0 aromatic rings. The SMILES string of the molecule is CC(C)CC1CN(S(=O)(=O)C(C)C)C1. The van der Waals surface area contributed by atoms with Gasteiger partial charge in [-0.15, -0.1) is 0 Å². The summed E-state index contributed by atoms with van der Waals surface area (Å²) in [5.74, 6) is 1.26. The third-order valence-corrected chi connectivity index (χ3v) is 4.89. The van der Waals surface area contributed by atoms with Crippen LogP contribution in [-0.2, 0) is 10.0 Å². The lowest BCUT2D eigenvalue weighted by atomic mass is 9.92. The van der Waals surface area contributed by atoms with Crippen LogP contribution in [0, 0.1) is 11.8 Å². The summed E-state index contributed by atoms with van der Waals surface area (Å²) in [6.45, 7) is 9.31. The van der Waals surface area contributed by atoms with Gasteiger partial charge in [-0.05, 0) is 32.1 Å². The molecule has 1 aliphatic rings. The van der Waals surface area contributed by atoms with Crippen molar-refractivity contribution < 1.29 is 8.42 Å². The van der Waals surface area contributed by atoms with E-state index in [0.717, 1.165) is 19.5 Å². The molecule has 0 amide bonds. The van der Waals surface area contributed by atoms with E-state index in [1.165, 1.54) is 0 Å². The number of hydrogen-bond acceptors (Lipinski definition) is 2. The fourth-order valence-electron chi connectivity index (χ4n) is 1.84. The van der Waals surface area contributed by atoms with Crippen LogP contribution in [0.2, 0.25) is 0 Å². The average Bonchev–Trinajstić information content (AvgIpc) is 1.94. The van der Waals surface area contributed by atoms with Gasteiger partial charge in [0, 0.05) is 13.1 Å². The molecule has 0 spiro atoms. The van der Waals surface area contributed by atoms with Gasteiger partial charge in [0.2, 0.25) is 10.0 Å². The van der Waals surface area contributed by atoms with Crippen LogP contribution in [0.5, 0.6) is 0 Å². The molecule has 0 unspecified atom stereocenters. The fraction of sp³-hybridized carbons (Fsp3) is 1.00. The topological polar surface area (TPSA) is 37.4 Å². The van der Waals surface area contributed by atoms with Crippen LogP contribution in [0.4, 0.5) is 0 Å². The van der Waals surface area contributed by atoms with Crippen LogP contribution in [0.3, 0.4) is 0 Å². The molecule has 4 heteroatoms. The first-order chi connectivity index (χ1) is 6.34. The minimum absolute atomic E-state index is 0.275. The molecule has 1 fully saturated rings. The normalized spacial score (nSPS) is 20.4. The lowest BCUT2D eigenvalue weighted by Gasteiger charge is -2.39. The maximum atomic E-state index is 11.7. The van der Waals surface area contributed by atoms with Crippen molar-refractivity contribution in [1.82, 2.24) is 4.31 Å². The van der Waals surface area contributed by atoms with Crippen LogP contribution in [0.25, 0.3) is 0 Å². The van der Waals surface area contributed by atoms with Crippen molar-refractivity contribution in [3.8, 4) is 0 Å². The quantitative estimate of drug-likeness (QED) is 0.721. The first-order valence-electron chi connectivity index (χ1n) is 5.33. The van der Waals surface area contributed by atoms with Gasteiger partial charge in [0.05, 0.1) is 5.25 Å². The number of sulfonamides is 1. The van der Waals surface area contributed by atoms with Crippen LogP contribution in [-0.4, -0.2) is 31.1 Å². The maximum Gasteiger partial charge on any atom is 0.216 e. The number of rotatable bonds is 4. The molecule has 1 heterocycles. The van der Waals surface area contributed by atoms with Gasteiger partial charge in [-0.2, -0.15) is 0 Å². The molecule has 0 N–H and O–H groups in total. The van der Waals surface area contributed by atoms with Crippen molar-refractivity contribution in [3.05, 3.63) is 0 Å². The molecular formula is C10H21NO2S. The lowest BCUT2D eigenvalue weighted by molar-refractivity contribution is 0.173. The Morgan fingerprint density at radius 1 is 1.21 bits per heavy atom. The Labute approximate surface area is 87.5 Å². The third-order valence-electron chi connectivity index (χ3n) is 2.68. The van der Waals surface area contributed by atoms with E-state index < -0.39 is 10.0 Å². The van der Waals surface area contributed by atoms with Crippen molar-refractivity contribution in [3.63, 3.8) is 0 Å². The second kappa shape index (κ2) is 4.19. The summed E-state index contributed by atoms with van der Waals surface area (Å²) in [7, 11) is -2.98. The summed E-state index contributed by atoms with van der Waals surface area (Å²) in [4.78, 5) is 0. The first-order valence-corrected chi connectivity index (χ1v) is 6.83. The highest BCUT2D eigenvalue weighted by molar-refractivity contribution is 7.89. The molecule has 0 aromatic carbocycles. The average molecular weight is 219 g/mol. The monoisotopic (exact) mass is 219 g/mol. The summed E-state index contributed by atoms with van der Waals surface area (Å²) in [6, 6.07) is 0. The predicted molar refractivity (Wildman–Crippen MR) is 58.6 cm³/mol. The highest BCUT2D eigenvalue weighted by Gasteiger charge is 2.37. The molecule has 3 nitrogen and oxygen atoms in total. The standard InChI is InChI=1S/C10H21NO2S/c1-8(2)5-10-6-11(7-10)14(12,13)9(3)4/h8-10H,5-7H2,1-4H3. The van der Waals surface area contributed by atoms with E-state index in [2.05, 4.69) is 13.8 Å². The summed E-state index contributed by atoms with van der Waals surface area (Å²) in [5, 5.41) is -0.275. The van der Waals surface area contributed by atoms with Gasteiger partial charge in [0.25, 0.3) is 0 Å². The molecule has 0 atom stereocenters. The molecule has 1 rings (SSSR count). The molecule has 0 aliphatic carbocycles. The Kier molecular flexibility index (Phi) is 3.58. The first kappa shape index (κ1) is 12.0. The molecule has 1 saturated heterocycles. The smallest absolute Gasteiger partial charge is 0.212 e. The molecule has 14 heavy (non-hydrogen) atoms. The maximum absolute atomic E-state index is 11.7. The van der Waals surface area contributed by atoms with E-state index >= 15 is 0 Å². The molecule has 1 aliphatic heterocycles. The van der Waals surface area contributed by atoms with Gasteiger partial charge < -0.3 is 0 Å². The minimum atomic E-state index is -2.98. The van der Waals surface area contributed by atoms with E-state index in [9.17, 15) is 8.42 Å². The largest absolute Gasteiger partial charge is 0.216 e. The van der Waals surface area contributed by atoms with Crippen molar-refractivity contribution in [2.75, 3.05) is 13.1 Å². The zero-order chi connectivity index (χ0) is 10.9. The van der Waals surface area contributed by atoms with Gasteiger partial charge in [0.15, 0.2) is 0 Å². The minimum Gasteiger partial charge on any atom is -0.212 e. The van der Waals surface area contributed by atoms with Crippen LogP contribution in [0.15, 0.2) is 0 Å². The summed E-state index contributed by atoms with van der Waals surface area (Å²) in [5.41, 5.74) is 0. The Morgan fingerprint density at radius 3 is 2.07 bits per heavy atom. The van der Waals surface area contributed by atoms with Crippen LogP contribution < -0.4 is 0 Å². The van der Waals surface area contributed by atoms with Crippen molar-refractivity contribution in [2.24, 2.45) is 11.8 Å². The van der Waals surface area contributed by atoms with Gasteiger partial charge in [-0.25, -0.2) is 12.7 Å². The van der Waals surface area contributed by atoms with Crippen LogP contribution >= 0.6 is 0 Å². The van der Waals surface area contributed by atoms with Gasteiger partial charge in [0.1, 0.15) is 0 Å². The van der Waals surface area contributed by atoms with E-state index in [4.69, 9.17) is 0 Å². The van der Waals surface area contributed by atoms with Gasteiger partial charge in [-0.3, -0.25) is 0 Å². The molecule has 84 valence electrons. The van der Waals surface area contributed by atoms with E-state index in [1.54, 1.807) is 18.2 Å². The highest BCUT2D eigenvalue weighted by Crippen LogP contribution is 2.26. The van der Waals surface area contributed by atoms with E-state index in [0.29, 0.717) is 11.8 Å². The summed E-state index contributed by atoms with van der Waals surface area (Å²) < 4.78 is 25.0. The number of nitrogens with zero attached hydrogens (tertiary/aromatic N) is 1. The Hall–Kier alpha value is -0.0900. The third kappa shape index (κ3) is 2.48. The Morgan fingerprint density at radius 2 is 1.71 bits per heavy atom. The Bertz CT molecular complexity index is 276. The van der Waals surface area contributed by atoms with Crippen molar-refractivity contribution in [1.29, 1.82) is 0 Å². The van der Waals surface area contributed by atoms with Crippen LogP contribution in [0.1, 0.15) is 34.1 Å². The molecule has 0 aromatic heterocycles. The van der Waals surface area contributed by atoms with Gasteiger partial charge in [-0.1, -0.05) is 13.8 Å². The van der Waals surface area contributed by atoms with Gasteiger partial charge >= 0.3 is 0 Å². The molecular weight excluding hydrogens is 198 g/mol. The summed E-state index contributed by atoms with van der Waals surface area (Å²) in [6.07, 6.45) is 1.14. The second-order valence-corrected chi connectivity index (χ2v) is 7.40. The summed E-state index contributed by atoms with van der Waals surface area (Å²) >= 11 is 0. The second-order valence-electron chi connectivity index (χ2n) is 4.91. The predicted octanol–water partition coefficient (Wildman–Crippen LogP) is 1.70. The number of hydrogen-bond donors (Lipinski definition) is 0. The molecule has 0 saturated carbocycles. The fourth-order valence-corrected chi connectivity index (χ4v) is 3.28. The zero-order valence-corrected chi connectivity index (χ0v) is 10.3. The lowest BCUT2D eigenvalue weighted by Crippen LogP contribution is -2.52. The van der Waals surface area contributed by atoms with Crippen molar-refractivity contribution >= 4 is 10.0 Å². The van der Waals surface area contributed by atoms with E-state index in [-0.39, 0.29) is 5.25 Å². The highest BCUT2D eigenvalue weighted by atomic mass is 32.2. The molecule has 0 bridgehead atoms. The van der Waals surface area contributed by atoms with E-state index in [1.807, 2.05) is 0 Å².